The number of phenolic OH excluding ortho intramolecular Hbond substituents is 1. The highest BCUT2D eigenvalue weighted by Crippen LogP contribution is 2.46. The molecule has 0 heterocycles. The van der Waals surface area contributed by atoms with Gasteiger partial charge in [0.15, 0.2) is 0 Å². The summed E-state index contributed by atoms with van der Waals surface area (Å²) in [5.41, 5.74) is 6.06. The van der Waals surface area contributed by atoms with Crippen LogP contribution in [0.3, 0.4) is 0 Å². The molecule has 6 heteroatoms. The SMILES string of the molecule is Nc1ccc2c(O)cc(S(O)(O)O)cc2c1. The number of benzene rings is 2. The Morgan fingerprint density at radius 2 is 1.69 bits per heavy atom. The van der Waals surface area contributed by atoms with E-state index in [1.807, 2.05) is 0 Å². The van der Waals surface area contributed by atoms with E-state index >= 15 is 0 Å². The maximum atomic E-state index is 9.65. The van der Waals surface area contributed by atoms with Gasteiger partial charge in [-0.15, -0.1) is 0 Å². The molecule has 0 unspecified atom stereocenters. The van der Waals surface area contributed by atoms with Crippen molar-refractivity contribution in [3.63, 3.8) is 0 Å². The summed E-state index contributed by atoms with van der Waals surface area (Å²) in [5, 5.41) is 10.7. The molecule has 86 valence electrons. The minimum Gasteiger partial charge on any atom is -0.507 e. The Labute approximate surface area is 93.3 Å². The summed E-state index contributed by atoms with van der Waals surface area (Å²) in [6.45, 7) is 0. The zero-order chi connectivity index (χ0) is 11.9. The number of fused-ring (bicyclic) bond motifs is 1. The molecular weight excluding hydrogens is 230 g/mol. The highest BCUT2D eigenvalue weighted by Gasteiger charge is 2.17. The normalized spacial score (nSPS) is 12.9. The summed E-state index contributed by atoms with van der Waals surface area (Å²) in [5.74, 6) is -0.137. The minimum atomic E-state index is -3.83. The van der Waals surface area contributed by atoms with Gasteiger partial charge in [0.05, 0.1) is 4.90 Å². The second-order valence-corrected chi connectivity index (χ2v) is 4.95. The van der Waals surface area contributed by atoms with E-state index in [1.54, 1.807) is 18.2 Å². The average Bonchev–Trinajstić information content (AvgIpc) is 2.15. The first kappa shape index (κ1) is 11.0. The quantitative estimate of drug-likeness (QED) is 0.493. The van der Waals surface area contributed by atoms with Gasteiger partial charge in [-0.2, -0.15) is 0 Å². The summed E-state index contributed by atoms with van der Waals surface area (Å²) < 4.78 is 27.3. The van der Waals surface area contributed by atoms with E-state index in [0.29, 0.717) is 16.5 Å². The van der Waals surface area contributed by atoms with Crippen LogP contribution in [-0.2, 0) is 0 Å². The first-order chi connectivity index (χ1) is 7.38. The topological polar surface area (TPSA) is 107 Å². The third-order valence-corrected chi connectivity index (χ3v) is 3.11. The number of rotatable bonds is 1. The number of aromatic hydroxyl groups is 1. The van der Waals surface area contributed by atoms with Crippen molar-refractivity contribution in [1.29, 1.82) is 0 Å². The predicted octanol–water partition coefficient (Wildman–Crippen LogP) is 2.71. The first-order valence-corrected chi connectivity index (χ1v) is 5.91. The van der Waals surface area contributed by atoms with Gasteiger partial charge >= 0.3 is 0 Å². The van der Waals surface area contributed by atoms with Crippen molar-refractivity contribution in [2.45, 2.75) is 4.90 Å². The summed E-state index contributed by atoms with van der Waals surface area (Å²) >= 11 is 0. The lowest BCUT2D eigenvalue weighted by Crippen LogP contribution is -1.95. The van der Waals surface area contributed by atoms with Crippen molar-refractivity contribution in [2.24, 2.45) is 0 Å². The molecule has 0 aliphatic heterocycles. The number of hydrogen-bond donors (Lipinski definition) is 5. The molecule has 6 N–H and O–H groups in total. The van der Waals surface area contributed by atoms with E-state index in [2.05, 4.69) is 0 Å². The average molecular weight is 241 g/mol. The van der Waals surface area contributed by atoms with E-state index in [4.69, 9.17) is 19.4 Å². The number of nitrogen functional groups attached to an aromatic ring is 1. The van der Waals surface area contributed by atoms with Crippen molar-refractivity contribution in [2.75, 3.05) is 5.73 Å². The second-order valence-electron chi connectivity index (χ2n) is 3.44. The standard InChI is InChI=1S/C10H11NO4S/c11-7-1-2-9-6(3-7)4-8(5-10(9)12)16(13,14)15/h1-5,12-15H,11H2. The lowest BCUT2D eigenvalue weighted by molar-refractivity contribution is 0.375. The van der Waals surface area contributed by atoms with E-state index in [-0.39, 0.29) is 10.6 Å². The second kappa shape index (κ2) is 3.53. The molecule has 0 aliphatic rings. The van der Waals surface area contributed by atoms with E-state index < -0.39 is 10.9 Å². The highest BCUT2D eigenvalue weighted by molar-refractivity contribution is 8.19. The fourth-order valence-electron chi connectivity index (χ4n) is 1.50. The molecule has 2 aromatic rings. The third-order valence-electron chi connectivity index (χ3n) is 2.24. The third kappa shape index (κ3) is 1.91. The lowest BCUT2D eigenvalue weighted by Gasteiger charge is -2.20. The Hall–Kier alpha value is -1.47. The van der Waals surface area contributed by atoms with Crippen LogP contribution in [0.1, 0.15) is 0 Å². The number of phenols is 1. The summed E-state index contributed by atoms with van der Waals surface area (Å²) in [4.78, 5) is -0.136. The Balaban J connectivity index is 2.75. The lowest BCUT2D eigenvalue weighted by atomic mass is 10.1. The van der Waals surface area contributed by atoms with Crippen LogP contribution >= 0.6 is 10.9 Å². The molecule has 0 saturated carbocycles. The van der Waals surface area contributed by atoms with Crippen LogP contribution in [0.15, 0.2) is 35.2 Å². The van der Waals surface area contributed by atoms with Crippen molar-refractivity contribution in [3.8, 4) is 5.75 Å². The van der Waals surface area contributed by atoms with Crippen LogP contribution < -0.4 is 5.73 Å². The number of hydrogen-bond acceptors (Lipinski definition) is 5. The maximum absolute atomic E-state index is 9.65. The number of anilines is 1. The van der Waals surface area contributed by atoms with Gasteiger partial charge in [-0.1, -0.05) is 0 Å². The number of nitrogens with two attached hydrogens (primary N) is 1. The molecule has 2 aromatic carbocycles. The smallest absolute Gasteiger partial charge is 0.124 e. The monoisotopic (exact) mass is 241 g/mol. The van der Waals surface area contributed by atoms with Crippen LogP contribution in [0.4, 0.5) is 5.69 Å². The van der Waals surface area contributed by atoms with Crippen molar-refractivity contribution < 1.29 is 18.8 Å². The van der Waals surface area contributed by atoms with Gasteiger partial charge < -0.3 is 24.5 Å². The van der Waals surface area contributed by atoms with Gasteiger partial charge in [0, 0.05) is 11.1 Å². The zero-order valence-corrected chi connectivity index (χ0v) is 8.98. The Kier molecular flexibility index (Phi) is 2.43. The fraction of sp³-hybridized carbons (Fsp3) is 0. The molecule has 0 aromatic heterocycles. The van der Waals surface area contributed by atoms with E-state index in [9.17, 15) is 5.11 Å². The van der Waals surface area contributed by atoms with Crippen LogP contribution in [0.2, 0.25) is 0 Å². The maximum Gasteiger partial charge on any atom is 0.124 e. The zero-order valence-electron chi connectivity index (χ0n) is 8.16. The van der Waals surface area contributed by atoms with E-state index in [0.717, 1.165) is 6.07 Å². The van der Waals surface area contributed by atoms with Gasteiger partial charge in [0.1, 0.15) is 16.6 Å². The molecule has 0 bridgehead atoms. The van der Waals surface area contributed by atoms with Crippen molar-refractivity contribution in [3.05, 3.63) is 30.3 Å². The largest absolute Gasteiger partial charge is 0.507 e. The molecule has 0 radical (unpaired) electrons. The van der Waals surface area contributed by atoms with Gasteiger partial charge in [-0.3, -0.25) is 0 Å². The van der Waals surface area contributed by atoms with Gasteiger partial charge in [-0.05, 0) is 35.7 Å². The molecule has 0 atom stereocenters. The minimum absolute atomic E-state index is 0.136. The molecule has 0 saturated heterocycles. The Bertz CT molecular complexity index is 550. The molecular formula is C10H11NO4S. The Morgan fingerprint density at radius 3 is 2.31 bits per heavy atom. The molecule has 5 nitrogen and oxygen atoms in total. The molecule has 2 rings (SSSR count). The van der Waals surface area contributed by atoms with E-state index in [1.165, 1.54) is 6.07 Å². The van der Waals surface area contributed by atoms with Crippen LogP contribution in [-0.4, -0.2) is 18.8 Å². The molecule has 0 fully saturated rings. The summed E-state index contributed by atoms with van der Waals surface area (Å²) in [6, 6.07) is 7.31. The van der Waals surface area contributed by atoms with Crippen LogP contribution in [0.25, 0.3) is 10.8 Å². The molecule has 0 spiro atoms. The van der Waals surface area contributed by atoms with Crippen LogP contribution in [0.5, 0.6) is 5.75 Å². The Morgan fingerprint density at radius 1 is 1.00 bits per heavy atom. The van der Waals surface area contributed by atoms with Gasteiger partial charge in [-0.25, -0.2) is 0 Å². The summed E-state index contributed by atoms with van der Waals surface area (Å²) in [7, 11) is -3.83. The van der Waals surface area contributed by atoms with Gasteiger partial charge in [0.25, 0.3) is 0 Å². The fourth-order valence-corrected chi connectivity index (χ4v) is 2.05. The van der Waals surface area contributed by atoms with Crippen molar-refractivity contribution in [1.82, 2.24) is 0 Å². The highest BCUT2D eigenvalue weighted by atomic mass is 32.3. The first-order valence-electron chi connectivity index (χ1n) is 4.41. The van der Waals surface area contributed by atoms with Crippen molar-refractivity contribution >= 4 is 27.3 Å². The predicted molar refractivity (Wildman–Crippen MR) is 63.8 cm³/mol. The molecule has 0 amide bonds. The molecule has 0 aliphatic carbocycles. The molecule has 16 heavy (non-hydrogen) atoms. The van der Waals surface area contributed by atoms with Crippen LogP contribution in [0, 0.1) is 0 Å². The van der Waals surface area contributed by atoms with Gasteiger partial charge in [0.2, 0.25) is 0 Å². The summed E-state index contributed by atoms with van der Waals surface area (Å²) in [6.07, 6.45) is 0.